The highest BCUT2D eigenvalue weighted by atomic mass is 32.2. The summed E-state index contributed by atoms with van der Waals surface area (Å²) in [7, 11) is -3.63. The predicted octanol–water partition coefficient (Wildman–Crippen LogP) is 2.83. The number of hydrogen-bond acceptors (Lipinski definition) is 4. The van der Waals surface area contributed by atoms with Crippen LogP contribution in [0.5, 0.6) is 5.75 Å². The Morgan fingerprint density at radius 2 is 1.64 bits per heavy atom. The molecule has 6 nitrogen and oxygen atoms in total. The molecule has 148 valence electrons. The van der Waals surface area contributed by atoms with Crippen molar-refractivity contribution >= 4 is 21.6 Å². The van der Waals surface area contributed by atoms with E-state index in [0.29, 0.717) is 12.3 Å². The summed E-state index contributed by atoms with van der Waals surface area (Å²) in [6.45, 7) is 2.03. The number of amides is 1. The molecule has 0 bridgehead atoms. The van der Waals surface area contributed by atoms with Gasteiger partial charge in [-0.15, -0.1) is 0 Å². The highest BCUT2D eigenvalue weighted by Gasteiger charge is 2.28. The van der Waals surface area contributed by atoms with Crippen LogP contribution in [0.4, 0.5) is 5.69 Å². The zero-order valence-corrected chi connectivity index (χ0v) is 16.5. The monoisotopic (exact) mass is 400 g/mol. The SMILES string of the molecule is O=C(COc1ccc(S(=O)(=O)N2CCCc3ccccc32)cc1)N1CCCC1. The third-order valence-electron chi connectivity index (χ3n) is 5.30. The third kappa shape index (κ3) is 3.71. The number of sulfonamides is 1. The summed E-state index contributed by atoms with van der Waals surface area (Å²) in [5.41, 5.74) is 1.81. The molecule has 0 radical (unpaired) electrons. The zero-order chi connectivity index (χ0) is 19.6. The van der Waals surface area contributed by atoms with Crippen LogP contribution in [0.15, 0.2) is 53.4 Å². The van der Waals surface area contributed by atoms with Crippen molar-refractivity contribution in [2.45, 2.75) is 30.6 Å². The molecule has 0 aromatic heterocycles. The van der Waals surface area contributed by atoms with Gasteiger partial charge in [0, 0.05) is 19.6 Å². The number of benzene rings is 2. The lowest BCUT2D eigenvalue weighted by Crippen LogP contribution is -2.35. The van der Waals surface area contributed by atoms with E-state index in [4.69, 9.17) is 4.74 Å². The Labute approximate surface area is 165 Å². The van der Waals surface area contributed by atoms with Gasteiger partial charge in [0.15, 0.2) is 6.61 Å². The molecule has 1 saturated heterocycles. The van der Waals surface area contributed by atoms with Crippen molar-refractivity contribution in [3.63, 3.8) is 0 Å². The number of aryl methyl sites for hydroxylation is 1. The van der Waals surface area contributed by atoms with E-state index < -0.39 is 10.0 Å². The number of nitrogens with zero attached hydrogens (tertiary/aromatic N) is 2. The molecule has 2 aliphatic rings. The summed E-state index contributed by atoms with van der Waals surface area (Å²) in [5, 5.41) is 0. The van der Waals surface area contributed by atoms with Gasteiger partial charge in [-0.3, -0.25) is 9.10 Å². The summed E-state index contributed by atoms with van der Waals surface area (Å²) >= 11 is 0. The van der Waals surface area contributed by atoms with E-state index in [1.165, 1.54) is 4.31 Å². The van der Waals surface area contributed by atoms with E-state index >= 15 is 0 Å². The van der Waals surface area contributed by atoms with E-state index in [1.807, 2.05) is 24.3 Å². The van der Waals surface area contributed by atoms with Crippen molar-refractivity contribution in [1.29, 1.82) is 0 Å². The lowest BCUT2D eigenvalue weighted by molar-refractivity contribution is -0.132. The van der Waals surface area contributed by atoms with Gasteiger partial charge in [-0.2, -0.15) is 0 Å². The number of carbonyl (C=O) groups excluding carboxylic acids is 1. The van der Waals surface area contributed by atoms with Gasteiger partial charge in [0.25, 0.3) is 15.9 Å². The molecule has 2 heterocycles. The molecule has 2 aromatic rings. The van der Waals surface area contributed by atoms with Gasteiger partial charge in [0.2, 0.25) is 0 Å². The molecule has 0 spiro atoms. The van der Waals surface area contributed by atoms with E-state index in [9.17, 15) is 13.2 Å². The largest absolute Gasteiger partial charge is 0.484 e. The predicted molar refractivity (Wildman–Crippen MR) is 107 cm³/mol. The molecule has 0 aliphatic carbocycles. The van der Waals surface area contributed by atoms with Gasteiger partial charge in [-0.1, -0.05) is 18.2 Å². The number of para-hydroxylation sites is 1. The van der Waals surface area contributed by atoms with Crippen LogP contribution in [0.1, 0.15) is 24.8 Å². The zero-order valence-electron chi connectivity index (χ0n) is 15.7. The molecular formula is C21H24N2O4S. The third-order valence-corrected chi connectivity index (χ3v) is 7.13. The van der Waals surface area contributed by atoms with Crippen molar-refractivity contribution in [2.75, 3.05) is 30.5 Å². The number of ether oxygens (including phenoxy) is 1. The standard InChI is InChI=1S/C21H24N2O4S/c24-21(22-13-3-4-14-22)16-27-18-9-11-19(12-10-18)28(25,26)23-15-5-7-17-6-1-2-8-20(17)23/h1-2,6,8-12H,3-5,7,13-16H2. The minimum atomic E-state index is -3.63. The fourth-order valence-electron chi connectivity index (χ4n) is 3.79. The molecule has 0 saturated carbocycles. The smallest absolute Gasteiger partial charge is 0.264 e. The second kappa shape index (κ2) is 7.83. The maximum atomic E-state index is 13.1. The summed E-state index contributed by atoms with van der Waals surface area (Å²) in [6.07, 6.45) is 3.77. The minimum absolute atomic E-state index is 0.0222. The van der Waals surface area contributed by atoms with Gasteiger partial charge in [-0.25, -0.2) is 8.42 Å². The van der Waals surface area contributed by atoms with Crippen LogP contribution >= 0.6 is 0 Å². The number of fused-ring (bicyclic) bond motifs is 1. The fourth-order valence-corrected chi connectivity index (χ4v) is 5.33. The Bertz CT molecular complexity index is 951. The first-order chi connectivity index (χ1) is 13.6. The number of rotatable bonds is 5. The molecule has 0 N–H and O–H groups in total. The summed E-state index contributed by atoms with van der Waals surface area (Å²) < 4.78 is 33.3. The minimum Gasteiger partial charge on any atom is -0.484 e. The van der Waals surface area contributed by atoms with Crippen molar-refractivity contribution < 1.29 is 17.9 Å². The molecule has 4 rings (SSSR count). The molecule has 1 amide bonds. The fraction of sp³-hybridized carbons (Fsp3) is 0.381. The Kier molecular flexibility index (Phi) is 5.26. The number of carbonyl (C=O) groups is 1. The van der Waals surface area contributed by atoms with Gasteiger partial charge < -0.3 is 9.64 Å². The Hall–Kier alpha value is -2.54. The van der Waals surface area contributed by atoms with Crippen molar-refractivity contribution in [2.24, 2.45) is 0 Å². The molecule has 28 heavy (non-hydrogen) atoms. The molecule has 0 unspecified atom stereocenters. The number of hydrogen-bond donors (Lipinski definition) is 0. The lowest BCUT2D eigenvalue weighted by Gasteiger charge is -2.30. The summed E-state index contributed by atoms with van der Waals surface area (Å²) in [4.78, 5) is 14.1. The summed E-state index contributed by atoms with van der Waals surface area (Å²) in [6, 6.07) is 13.9. The van der Waals surface area contributed by atoms with Crippen LogP contribution in [-0.2, 0) is 21.2 Å². The second-order valence-electron chi connectivity index (χ2n) is 7.16. The maximum Gasteiger partial charge on any atom is 0.264 e. The van der Waals surface area contributed by atoms with E-state index in [-0.39, 0.29) is 17.4 Å². The quantitative estimate of drug-likeness (QED) is 0.774. The first-order valence-corrected chi connectivity index (χ1v) is 11.1. The number of likely N-dealkylation sites (tertiary alicyclic amines) is 1. The van der Waals surface area contributed by atoms with Crippen LogP contribution < -0.4 is 9.04 Å². The average Bonchev–Trinajstić information content (AvgIpc) is 3.27. The second-order valence-corrected chi connectivity index (χ2v) is 9.02. The molecule has 0 atom stereocenters. The number of anilines is 1. The molecule has 2 aliphatic heterocycles. The Balaban J connectivity index is 1.47. The van der Waals surface area contributed by atoms with Crippen LogP contribution in [0.3, 0.4) is 0 Å². The first-order valence-electron chi connectivity index (χ1n) is 9.67. The van der Waals surface area contributed by atoms with E-state index in [2.05, 4.69) is 0 Å². The topological polar surface area (TPSA) is 66.9 Å². The van der Waals surface area contributed by atoms with Crippen LogP contribution in [0.2, 0.25) is 0 Å². The van der Waals surface area contributed by atoms with E-state index in [0.717, 1.165) is 50.0 Å². The Morgan fingerprint density at radius 3 is 2.39 bits per heavy atom. The molecule has 1 fully saturated rings. The highest BCUT2D eigenvalue weighted by molar-refractivity contribution is 7.92. The summed E-state index contributed by atoms with van der Waals surface area (Å²) in [5.74, 6) is 0.463. The average molecular weight is 401 g/mol. The van der Waals surface area contributed by atoms with Crippen LogP contribution in [-0.4, -0.2) is 45.5 Å². The van der Waals surface area contributed by atoms with Crippen molar-refractivity contribution in [3.05, 3.63) is 54.1 Å². The molecular weight excluding hydrogens is 376 g/mol. The van der Waals surface area contributed by atoms with Gasteiger partial charge in [0.05, 0.1) is 10.6 Å². The van der Waals surface area contributed by atoms with Gasteiger partial charge >= 0.3 is 0 Å². The van der Waals surface area contributed by atoms with Crippen LogP contribution in [0, 0.1) is 0 Å². The Morgan fingerprint density at radius 1 is 0.929 bits per heavy atom. The van der Waals surface area contributed by atoms with E-state index in [1.54, 1.807) is 29.2 Å². The van der Waals surface area contributed by atoms with Gasteiger partial charge in [0.1, 0.15) is 5.75 Å². The van der Waals surface area contributed by atoms with Gasteiger partial charge in [-0.05, 0) is 61.6 Å². The van der Waals surface area contributed by atoms with Crippen LogP contribution in [0.25, 0.3) is 0 Å². The lowest BCUT2D eigenvalue weighted by atomic mass is 10.0. The first kappa shape index (κ1) is 18.8. The van der Waals surface area contributed by atoms with Crippen molar-refractivity contribution in [1.82, 2.24) is 4.90 Å². The molecule has 2 aromatic carbocycles. The van der Waals surface area contributed by atoms with Crippen molar-refractivity contribution in [3.8, 4) is 5.75 Å². The maximum absolute atomic E-state index is 13.1. The highest BCUT2D eigenvalue weighted by Crippen LogP contribution is 2.32. The molecule has 7 heteroatoms. The normalized spacial score (nSPS) is 16.7.